The lowest BCUT2D eigenvalue weighted by Gasteiger charge is -2.17. The highest BCUT2D eigenvalue weighted by molar-refractivity contribution is 7.92. The zero-order valence-corrected chi connectivity index (χ0v) is 15.3. The molecule has 0 fully saturated rings. The van der Waals surface area contributed by atoms with Crippen molar-refractivity contribution in [1.29, 1.82) is 0 Å². The third-order valence-electron chi connectivity index (χ3n) is 3.74. The second-order valence-corrected chi connectivity index (χ2v) is 7.73. The van der Waals surface area contributed by atoms with E-state index in [0.717, 1.165) is 11.8 Å². The van der Waals surface area contributed by atoms with E-state index in [0.29, 0.717) is 11.4 Å². The minimum Gasteiger partial charge on any atom is -0.484 e. The quantitative estimate of drug-likeness (QED) is 0.820. The first-order valence-corrected chi connectivity index (χ1v) is 9.63. The van der Waals surface area contributed by atoms with Crippen LogP contribution in [0.1, 0.15) is 18.5 Å². The Kier molecular flexibility index (Phi) is 6.03. The first kappa shape index (κ1) is 18.8. The fourth-order valence-corrected chi connectivity index (χ4v) is 2.71. The van der Waals surface area contributed by atoms with E-state index in [1.165, 1.54) is 11.4 Å². The molecule has 25 heavy (non-hydrogen) atoms. The van der Waals surface area contributed by atoms with E-state index >= 15 is 0 Å². The van der Waals surface area contributed by atoms with E-state index in [1.54, 1.807) is 24.3 Å². The zero-order valence-electron chi connectivity index (χ0n) is 14.5. The van der Waals surface area contributed by atoms with Crippen molar-refractivity contribution in [3.8, 4) is 5.75 Å². The van der Waals surface area contributed by atoms with Crippen molar-refractivity contribution < 1.29 is 17.9 Å². The van der Waals surface area contributed by atoms with Crippen molar-refractivity contribution in [1.82, 2.24) is 5.32 Å². The highest BCUT2D eigenvalue weighted by Gasteiger charge is 2.12. The molecule has 1 N–H and O–H groups in total. The molecule has 0 aliphatic carbocycles. The van der Waals surface area contributed by atoms with Gasteiger partial charge in [-0.1, -0.05) is 30.3 Å². The van der Waals surface area contributed by atoms with Crippen LogP contribution < -0.4 is 14.4 Å². The number of anilines is 1. The maximum Gasteiger partial charge on any atom is 0.258 e. The van der Waals surface area contributed by atoms with Crippen LogP contribution in [0.3, 0.4) is 0 Å². The van der Waals surface area contributed by atoms with Gasteiger partial charge in [-0.2, -0.15) is 0 Å². The monoisotopic (exact) mass is 362 g/mol. The second-order valence-electron chi connectivity index (χ2n) is 5.71. The summed E-state index contributed by atoms with van der Waals surface area (Å²) in [5.41, 5.74) is 1.54. The Morgan fingerprint density at radius 2 is 1.72 bits per heavy atom. The molecule has 0 radical (unpaired) electrons. The molecule has 6 nitrogen and oxygen atoms in total. The van der Waals surface area contributed by atoms with Crippen molar-refractivity contribution in [3.63, 3.8) is 0 Å². The Morgan fingerprint density at radius 3 is 2.28 bits per heavy atom. The Bertz CT molecular complexity index is 805. The predicted molar refractivity (Wildman–Crippen MR) is 98.2 cm³/mol. The van der Waals surface area contributed by atoms with E-state index in [2.05, 4.69) is 5.32 Å². The summed E-state index contributed by atoms with van der Waals surface area (Å²) in [5, 5.41) is 2.86. The Labute approximate surface area is 148 Å². The summed E-state index contributed by atoms with van der Waals surface area (Å²) in [6.07, 6.45) is 1.13. The molecule has 0 heterocycles. The molecule has 0 aromatic heterocycles. The molecule has 0 aliphatic heterocycles. The van der Waals surface area contributed by atoms with Crippen LogP contribution in [0.25, 0.3) is 0 Å². The van der Waals surface area contributed by atoms with Crippen LogP contribution in [0.15, 0.2) is 54.6 Å². The third kappa shape index (κ3) is 5.49. The Morgan fingerprint density at radius 1 is 1.12 bits per heavy atom. The average Bonchev–Trinajstić information content (AvgIpc) is 2.59. The lowest BCUT2D eigenvalue weighted by Crippen LogP contribution is -2.31. The summed E-state index contributed by atoms with van der Waals surface area (Å²) in [6.45, 7) is 1.79. The lowest BCUT2D eigenvalue weighted by atomic mass is 10.1. The fraction of sp³-hybridized carbons (Fsp3) is 0.278. The van der Waals surface area contributed by atoms with Crippen molar-refractivity contribution in [2.45, 2.75) is 13.0 Å². The number of hydrogen-bond donors (Lipinski definition) is 1. The zero-order chi connectivity index (χ0) is 18.4. The molecule has 2 aromatic rings. The average molecular weight is 362 g/mol. The molecule has 2 aromatic carbocycles. The van der Waals surface area contributed by atoms with Crippen LogP contribution in [0, 0.1) is 0 Å². The molecule has 2 rings (SSSR count). The molecule has 7 heteroatoms. The number of rotatable bonds is 7. The van der Waals surface area contributed by atoms with Gasteiger partial charge in [0, 0.05) is 7.05 Å². The SMILES string of the molecule is C[C@@H](NC(=O)COc1ccc(N(C)S(C)(=O)=O)cc1)c1ccccc1. The minimum atomic E-state index is -3.31. The standard InChI is InChI=1S/C18H22N2O4S/c1-14(15-7-5-4-6-8-15)19-18(21)13-24-17-11-9-16(10-12-17)20(2)25(3,22)23/h4-12,14H,13H2,1-3H3,(H,19,21)/t14-/m1/s1. The molecule has 0 aliphatic rings. The number of nitrogens with zero attached hydrogens (tertiary/aromatic N) is 1. The van der Waals surface area contributed by atoms with Crippen LogP contribution >= 0.6 is 0 Å². The molecular formula is C18H22N2O4S. The van der Waals surface area contributed by atoms with Gasteiger partial charge in [-0.3, -0.25) is 9.10 Å². The molecule has 0 saturated heterocycles. The van der Waals surface area contributed by atoms with Gasteiger partial charge in [0.05, 0.1) is 18.0 Å². The van der Waals surface area contributed by atoms with E-state index in [1.807, 2.05) is 37.3 Å². The molecular weight excluding hydrogens is 340 g/mol. The number of carbonyl (C=O) groups is 1. The van der Waals surface area contributed by atoms with Gasteiger partial charge in [0.2, 0.25) is 10.0 Å². The van der Waals surface area contributed by atoms with E-state index < -0.39 is 10.0 Å². The summed E-state index contributed by atoms with van der Waals surface area (Å²) in [7, 11) is -1.83. The maximum atomic E-state index is 12.0. The van der Waals surface area contributed by atoms with Gasteiger partial charge in [-0.15, -0.1) is 0 Å². The summed E-state index contributed by atoms with van der Waals surface area (Å²) < 4.78 is 29.6. The molecule has 0 bridgehead atoms. The summed E-state index contributed by atoms with van der Waals surface area (Å²) in [5.74, 6) is 0.266. The second kappa shape index (κ2) is 8.02. The van der Waals surface area contributed by atoms with Crippen LogP contribution in [0.2, 0.25) is 0 Å². The maximum absolute atomic E-state index is 12.0. The van der Waals surface area contributed by atoms with Crippen LogP contribution in [0.5, 0.6) is 5.75 Å². The van der Waals surface area contributed by atoms with Crippen molar-refractivity contribution in [3.05, 3.63) is 60.2 Å². The number of benzene rings is 2. The lowest BCUT2D eigenvalue weighted by molar-refractivity contribution is -0.123. The molecule has 0 unspecified atom stereocenters. The fourth-order valence-electron chi connectivity index (χ4n) is 2.20. The van der Waals surface area contributed by atoms with Crippen molar-refractivity contribution in [2.24, 2.45) is 0 Å². The number of hydrogen-bond acceptors (Lipinski definition) is 4. The number of amides is 1. The van der Waals surface area contributed by atoms with Crippen LogP contribution in [-0.4, -0.2) is 34.2 Å². The van der Waals surface area contributed by atoms with Gasteiger partial charge in [0.25, 0.3) is 5.91 Å². The van der Waals surface area contributed by atoms with Gasteiger partial charge in [0.1, 0.15) is 5.75 Å². The number of carbonyl (C=O) groups excluding carboxylic acids is 1. The Balaban J connectivity index is 1.88. The smallest absolute Gasteiger partial charge is 0.258 e. The topological polar surface area (TPSA) is 75.7 Å². The van der Waals surface area contributed by atoms with Crippen molar-refractivity contribution in [2.75, 3.05) is 24.2 Å². The highest BCUT2D eigenvalue weighted by atomic mass is 32.2. The van der Waals surface area contributed by atoms with Gasteiger partial charge < -0.3 is 10.1 Å². The van der Waals surface area contributed by atoms with Crippen LogP contribution in [-0.2, 0) is 14.8 Å². The van der Waals surface area contributed by atoms with Gasteiger partial charge >= 0.3 is 0 Å². The van der Waals surface area contributed by atoms with E-state index in [-0.39, 0.29) is 18.6 Å². The third-order valence-corrected chi connectivity index (χ3v) is 4.95. The molecule has 1 atom stereocenters. The van der Waals surface area contributed by atoms with Gasteiger partial charge in [0.15, 0.2) is 6.61 Å². The highest BCUT2D eigenvalue weighted by Crippen LogP contribution is 2.20. The first-order valence-electron chi connectivity index (χ1n) is 7.78. The van der Waals surface area contributed by atoms with E-state index in [4.69, 9.17) is 4.74 Å². The largest absolute Gasteiger partial charge is 0.484 e. The van der Waals surface area contributed by atoms with Gasteiger partial charge in [-0.05, 0) is 36.8 Å². The van der Waals surface area contributed by atoms with E-state index in [9.17, 15) is 13.2 Å². The molecule has 1 amide bonds. The molecule has 0 spiro atoms. The molecule has 0 saturated carbocycles. The minimum absolute atomic E-state index is 0.108. The molecule has 134 valence electrons. The summed E-state index contributed by atoms with van der Waals surface area (Å²) >= 11 is 0. The summed E-state index contributed by atoms with van der Waals surface area (Å²) in [4.78, 5) is 12.0. The van der Waals surface area contributed by atoms with Gasteiger partial charge in [-0.25, -0.2) is 8.42 Å². The Hall–Kier alpha value is -2.54. The normalized spacial score (nSPS) is 12.3. The van der Waals surface area contributed by atoms with Crippen LogP contribution in [0.4, 0.5) is 5.69 Å². The van der Waals surface area contributed by atoms with Crippen molar-refractivity contribution >= 4 is 21.6 Å². The summed E-state index contributed by atoms with van der Waals surface area (Å²) in [6, 6.07) is 16.1. The predicted octanol–water partition coefficient (Wildman–Crippen LogP) is 2.34. The number of ether oxygens (including phenoxy) is 1. The number of nitrogens with one attached hydrogen (secondary N) is 1. The number of sulfonamides is 1. The first-order chi connectivity index (χ1) is 11.8.